The third-order valence-electron chi connectivity index (χ3n) is 4.73. The van der Waals surface area contributed by atoms with Crippen molar-refractivity contribution in [3.63, 3.8) is 0 Å². The first-order valence-corrected chi connectivity index (χ1v) is 13.3. The maximum atomic E-state index is 12.3. The van der Waals surface area contributed by atoms with Crippen LogP contribution in [-0.4, -0.2) is 31.4 Å². The summed E-state index contributed by atoms with van der Waals surface area (Å²) in [7, 11) is 3.53. The van der Waals surface area contributed by atoms with Crippen LogP contribution in [0.4, 0.5) is 0 Å². The third-order valence-corrected chi connectivity index (χ3v) is 10.9. The Morgan fingerprint density at radius 3 is 1.38 bits per heavy atom. The predicted octanol–water partition coefficient (Wildman–Crippen LogP) is 8.53. The maximum absolute atomic E-state index is 12.3. The van der Waals surface area contributed by atoms with Gasteiger partial charge >= 0.3 is 0 Å². The minimum Gasteiger partial charge on any atom is -0.347 e. The topological polar surface area (TPSA) is 20.3 Å². The average molecular weight is 627 g/mol. The van der Waals surface area contributed by atoms with Gasteiger partial charge in [0.2, 0.25) is 0 Å². The monoisotopic (exact) mass is 623 g/mol. The van der Waals surface area contributed by atoms with E-state index in [1.54, 1.807) is 19.0 Å². The second-order valence-electron chi connectivity index (χ2n) is 7.47. The van der Waals surface area contributed by atoms with Crippen LogP contribution in [0.15, 0.2) is 0 Å². The van der Waals surface area contributed by atoms with Gasteiger partial charge in [0.05, 0.1) is 0 Å². The van der Waals surface area contributed by atoms with E-state index >= 15 is 0 Å². The Morgan fingerprint density at radius 1 is 0.692 bits per heavy atom. The quantitative estimate of drug-likeness (QED) is 0.124. The first-order valence-electron chi connectivity index (χ1n) is 10.1. The lowest BCUT2D eigenvalue weighted by Gasteiger charge is -2.35. The fourth-order valence-corrected chi connectivity index (χ4v) is 4.96. The molecule has 0 aromatic heterocycles. The number of hydrogen-bond donors (Lipinski definition) is 0. The van der Waals surface area contributed by atoms with Gasteiger partial charge in [-0.1, -0.05) is 154 Å². The number of rotatable bonds is 16. The van der Waals surface area contributed by atoms with Crippen LogP contribution < -0.4 is 0 Å². The molecule has 26 heavy (non-hydrogen) atoms. The molecule has 0 unspecified atom stereocenters. The van der Waals surface area contributed by atoms with Crippen LogP contribution in [0.5, 0.6) is 0 Å². The van der Waals surface area contributed by atoms with E-state index in [4.69, 9.17) is 0 Å². The minimum absolute atomic E-state index is 0.0130. The van der Waals surface area contributed by atoms with Crippen molar-refractivity contribution in [2.75, 3.05) is 14.1 Å². The fraction of sp³-hybridized carbons (Fsp3) is 0.950. The van der Waals surface area contributed by atoms with Gasteiger partial charge in [-0.3, -0.25) is 4.79 Å². The highest BCUT2D eigenvalue weighted by molar-refractivity contribution is 9.30. The van der Waals surface area contributed by atoms with Crippen molar-refractivity contribution < 1.29 is 4.79 Å². The molecule has 0 radical (unpaired) electrons. The number of unbranched alkanes of at least 4 members (excludes halogenated alkanes) is 12. The molecule has 0 atom stereocenters. The van der Waals surface area contributed by atoms with Gasteiger partial charge in [0, 0.05) is 14.1 Å². The third kappa shape index (κ3) is 11.4. The summed E-state index contributed by atoms with van der Waals surface area (Å²) in [6.45, 7) is 2.27. The van der Waals surface area contributed by atoms with E-state index in [9.17, 15) is 4.79 Å². The number of halogens is 4. The molecular weight excluding hydrogens is 590 g/mol. The second-order valence-corrected chi connectivity index (χ2v) is 14.7. The molecule has 156 valence electrons. The van der Waals surface area contributed by atoms with Crippen molar-refractivity contribution >= 4 is 69.6 Å². The van der Waals surface area contributed by atoms with Crippen molar-refractivity contribution in [1.82, 2.24) is 4.90 Å². The fourth-order valence-electron chi connectivity index (χ4n) is 2.96. The Hall–Kier alpha value is 1.39. The number of hydrogen-bond acceptors (Lipinski definition) is 1. The van der Waals surface area contributed by atoms with Gasteiger partial charge in [0.15, 0.2) is 3.23 Å². The first kappa shape index (κ1) is 27.4. The number of alkyl halides is 4. The van der Waals surface area contributed by atoms with Crippen LogP contribution in [0.1, 0.15) is 96.8 Å². The molecule has 0 saturated heterocycles. The van der Waals surface area contributed by atoms with Crippen molar-refractivity contribution in [1.29, 1.82) is 0 Å². The molecule has 0 heterocycles. The molecule has 0 aliphatic rings. The molecule has 0 rings (SSSR count). The molecule has 0 aromatic rings. The van der Waals surface area contributed by atoms with Gasteiger partial charge in [-0.25, -0.2) is 0 Å². The number of amides is 1. The Morgan fingerprint density at radius 2 is 1.04 bits per heavy atom. The summed E-state index contributed by atoms with van der Waals surface area (Å²) in [5.41, 5.74) is 0. The van der Waals surface area contributed by atoms with E-state index < -0.39 is 6.47 Å². The Bertz CT molecular complexity index is 373. The van der Waals surface area contributed by atoms with E-state index in [1.807, 2.05) is 0 Å². The number of carbonyl (C=O) groups excluding carboxylic acids is 1. The van der Waals surface area contributed by atoms with Crippen LogP contribution in [0.3, 0.4) is 0 Å². The summed E-state index contributed by atoms with van der Waals surface area (Å²) in [4.78, 5) is 13.9. The van der Waals surface area contributed by atoms with Crippen molar-refractivity contribution in [3.05, 3.63) is 0 Å². The van der Waals surface area contributed by atoms with Gasteiger partial charge in [0.25, 0.3) is 5.91 Å². The molecule has 0 spiro atoms. The van der Waals surface area contributed by atoms with E-state index in [0.717, 1.165) is 12.8 Å². The molecule has 0 aromatic carbocycles. The lowest BCUT2D eigenvalue weighted by atomic mass is 10.0. The SMILES string of the molecule is CCCCCCCCCCCCCCCC(Br)(Br)C(Br)(Br)C(=O)N(C)C. The summed E-state index contributed by atoms with van der Waals surface area (Å²) in [6.07, 6.45) is 18.4. The Balaban J connectivity index is 3.69. The summed E-state index contributed by atoms with van der Waals surface area (Å²) < 4.78 is -1.33. The molecule has 0 aliphatic carbocycles. The molecule has 1 amide bonds. The lowest BCUT2D eigenvalue weighted by molar-refractivity contribution is -0.128. The summed E-state index contributed by atoms with van der Waals surface area (Å²) >= 11 is 14.4. The van der Waals surface area contributed by atoms with Crippen LogP contribution in [0, 0.1) is 0 Å². The normalized spacial score (nSPS) is 12.4. The van der Waals surface area contributed by atoms with Gasteiger partial charge in [-0.15, -0.1) is 0 Å². The zero-order valence-corrected chi connectivity index (χ0v) is 23.1. The van der Waals surface area contributed by atoms with Gasteiger partial charge in [-0.2, -0.15) is 0 Å². The van der Waals surface area contributed by atoms with E-state index in [-0.39, 0.29) is 5.91 Å². The Kier molecular flexibility index (Phi) is 16.1. The molecule has 6 heteroatoms. The number of nitrogens with zero attached hydrogens (tertiary/aromatic N) is 1. The highest BCUT2D eigenvalue weighted by atomic mass is 79.9. The smallest absolute Gasteiger partial charge is 0.252 e. The van der Waals surface area contributed by atoms with Crippen LogP contribution in [0.2, 0.25) is 0 Å². The van der Waals surface area contributed by atoms with Crippen LogP contribution in [-0.2, 0) is 4.79 Å². The van der Waals surface area contributed by atoms with Crippen molar-refractivity contribution in [3.8, 4) is 0 Å². The second kappa shape index (κ2) is 15.3. The highest BCUT2D eigenvalue weighted by Gasteiger charge is 2.50. The predicted molar refractivity (Wildman–Crippen MR) is 130 cm³/mol. The largest absolute Gasteiger partial charge is 0.347 e. The summed E-state index contributed by atoms with van der Waals surface area (Å²) in [5, 5.41) is 0. The van der Waals surface area contributed by atoms with Crippen molar-refractivity contribution in [2.24, 2.45) is 0 Å². The van der Waals surface area contributed by atoms with E-state index in [2.05, 4.69) is 70.6 Å². The van der Waals surface area contributed by atoms with Crippen LogP contribution in [0.25, 0.3) is 0 Å². The standard InChI is InChI=1S/C20H37Br4NO/c1-4-5-6-7-8-9-10-11-12-13-14-15-16-17-19(21,22)20(23,24)18(26)25(2)3/h4-17H2,1-3H3. The molecular formula is C20H37Br4NO. The maximum Gasteiger partial charge on any atom is 0.252 e. The van der Waals surface area contributed by atoms with Crippen molar-refractivity contribution in [2.45, 2.75) is 103 Å². The average Bonchev–Trinajstić information content (AvgIpc) is 2.57. The van der Waals surface area contributed by atoms with E-state index in [0.29, 0.717) is 0 Å². The lowest BCUT2D eigenvalue weighted by Crippen LogP contribution is -2.47. The molecule has 0 fully saturated rings. The molecule has 0 aliphatic heterocycles. The highest BCUT2D eigenvalue weighted by Crippen LogP contribution is 2.52. The van der Waals surface area contributed by atoms with Crippen LogP contribution >= 0.6 is 63.7 Å². The molecule has 0 saturated carbocycles. The minimum atomic E-state index is -0.840. The summed E-state index contributed by atoms with van der Waals surface area (Å²) in [6, 6.07) is 0. The first-order chi connectivity index (χ1) is 12.2. The molecule has 2 nitrogen and oxygen atoms in total. The zero-order valence-electron chi connectivity index (χ0n) is 16.8. The molecule has 0 N–H and O–H groups in total. The molecule has 0 bridgehead atoms. The van der Waals surface area contributed by atoms with Gasteiger partial charge in [-0.05, 0) is 6.42 Å². The Labute approximate surface area is 195 Å². The van der Waals surface area contributed by atoms with Gasteiger partial charge in [0.1, 0.15) is 3.23 Å². The van der Waals surface area contributed by atoms with Gasteiger partial charge < -0.3 is 4.90 Å². The summed E-state index contributed by atoms with van der Waals surface area (Å²) in [5.74, 6) is -0.0130. The van der Waals surface area contributed by atoms with E-state index in [1.165, 1.54) is 77.0 Å². The number of carbonyl (C=O) groups is 1. The zero-order chi connectivity index (χ0) is 20.1.